The molecule has 0 atom stereocenters. The first-order valence-electron chi connectivity index (χ1n) is 6.80. The van der Waals surface area contributed by atoms with Gasteiger partial charge < -0.3 is 10.5 Å². The smallest absolute Gasteiger partial charge is 0.133 e. The molecule has 0 spiro atoms. The van der Waals surface area contributed by atoms with Gasteiger partial charge in [0.2, 0.25) is 0 Å². The van der Waals surface area contributed by atoms with Gasteiger partial charge in [-0.25, -0.2) is 0 Å². The van der Waals surface area contributed by atoms with Gasteiger partial charge in [0, 0.05) is 26.1 Å². The molecule has 0 fully saturated rings. The predicted molar refractivity (Wildman–Crippen MR) is 87.3 cm³/mol. The summed E-state index contributed by atoms with van der Waals surface area (Å²) in [4.78, 5) is 2.33. The first kappa shape index (κ1) is 17.0. The Labute approximate surface area is 129 Å². The Balaban J connectivity index is 2.72. The molecule has 0 radical (unpaired) electrons. The zero-order valence-electron chi connectivity index (χ0n) is 12.4. The number of nitrogens with zero attached hydrogens (tertiary/aromatic N) is 1. The summed E-state index contributed by atoms with van der Waals surface area (Å²) in [5.41, 5.74) is 6.68. The number of hydrogen-bond donors (Lipinski definition) is 2. The van der Waals surface area contributed by atoms with Crippen LogP contribution < -0.4 is 10.5 Å². The number of methoxy groups -OCH3 is 1. The molecule has 112 valence electrons. The molecule has 0 bridgehead atoms. The molecule has 0 saturated heterocycles. The summed E-state index contributed by atoms with van der Waals surface area (Å²) in [7, 11) is 1.66. The number of benzene rings is 1. The quantitative estimate of drug-likeness (QED) is 0.563. The zero-order valence-corrected chi connectivity index (χ0v) is 14.0. The van der Waals surface area contributed by atoms with Crippen LogP contribution in [0.25, 0.3) is 0 Å². The van der Waals surface area contributed by atoms with Gasteiger partial charge in [0.1, 0.15) is 5.75 Å². The van der Waals surface area contributed by atoms with E-state index in [9.17, 15) is 0 Å². The van der Waals surface area contributed by atoms with E-state index in [1.165, 1.54) is 5.56 Å². The van der Waals surface area contributed by atoms with E-state index in [1.807, 2.05) is 6.07 Å². The van der Waals surface area contributed by atoms with Crippen LogP contribution in [0.3, 0.4) is 0 Å². The molecule has 0 amide bonds. The van der Waals surface area contributed by atoms with Crippen molar-refractivity contribution in [2.75, 3.05) is 20.2 Å². The minimum Gasteiger partial charge on any atom is -0.496 e. The fourth-order valence-corrected chi connectivity index (χ4v) is 2.68. The fraction of sp³-hybridized carbons (Fsp3) is 0.533. The van der Waals surface area contributed by atoms with Crippen LogP contribution in [0.4, 0.5) is 0 Å². The lowest BCUT2D eigenvalue weighted by Gasteiger charge is -2.24. The summed E-state index contributed by atoms with van der Waals surface area (Å²) in [5.74, 6) is 1.67. The summed E-state index contributed by atoms with van der Waals surface area (Å²) in [6.07, 6.45) is 0.615. The molecule has 4 nitrogen and oxygen atoms in total. The van der Waals surface area contributed by atoms with Crippen molar-refractivity contribution in [3.05, 3.63) is 28.2 Å². The number of ether oxygens (including phenoxy) is 1. The second-order valence-corrected chi connectivity index (χ2v) is 6.23. The zero-order chi connectivity index (χ0) is 15.1. The van der Waals surface area contributed by atoms with Crippen molar-refractivity contribution in [1.29, 1.82) is 5.41 Å². The third-order valence-corrected chi connectivity index (χ3v) is 3.56. The van der Waals surface area contributed by atoms with E-state index in [1.54, 1.807) is 7.11 Å². The van der Waals surface area contributed by atoms with Gasteiger partial charge in [-0.3, -0.25) is 10.3 Å². The summed E-state index contributed by atoms with van der Waals surface area (Å²) in [6.45, 7) is 7.07. The Hall–Kier alpha value is -1.07. The maximum absolute atomic E-state index is 7.36. The van der Waals surface area contributed by atoms with Crippen LogP contribution in [0, 0.1) is 11.3 Å². The molecular weight excluding hydrogens is 318 g/mol. The molecule has 0 unspecified atom stereocenters. The highest BCUT2D eigenvalue weighted by Crippen LogP contribution is 2.26. The van der Waals surface area contributed by atoms with Crippen LogP contribution in [0.5, 0.6) is 5.75 Å². The Bertz CT molecular complexity index is 449. The van der Waals surface area contributed by atoms with Crippen molar-refractivity contribution in [3.63, 3.8) is 0 Å². The molecule has 0 heterocycles. The van der Waals surface area contributed by atoms with Crippen molar-refractivity contribution < 1.29 is 4.74 Å². The topological polar surface area (TPSA) is 62.3 Å². The molecule has 20 heavy (non-hydrogen) atoms. The van der Waals surface area contributed by atoms with Gasteiger partial charge in [0.15, 0.2) is 0 Å². The lowest BCUT2D eigenvalue weighted by Crippen LogP contribution is -2.30. The van der Waals surface area contributed by atoms with Crippen LogP contribution in [0.1, 0.15) is 25.8 Å². The standard InChI is InChI=1S/C15H24BrN3O/c1-11(2)9-19(7-6-15(17)18)10-12-4-5-14(20-3)13(16)8-12/h4-5,8,11H,6-7,9-10H2,1-3H3,(H3,17,18). The highest BCUT2D eigenvalue weighted by Gasteiger charge is 2.10. The van der Waals surface area contributed by atoms with E-state index in [-0.39, 0.29) is 5.84 Å². The van der Waals surface area contributed by atoms with Crippen LogP contribution in [0.2, 0.25) is 0 Å². The third-order valence-electron chi connectivity index (χ3n) is 2.94. The summed E-state index contributed by atoms with van der Waals surface area (Å²) in [6, 6.07) is 6.13. The maximum Gasteiger partial charge on any atom is 0.133 e. The average molecular weight is 342 g/mol. The maximum atomic E-state index is 7.36. The number of amidine groups is 1. The Kier molecular flexibility index (Phi) is 7.02. The molecule has 1 rings (SSSR count). The van der Waals surface area contributed by atoms with Crippen molar-refractivity contribution in [1.82, 2.24) is 4.90 Å². The monoisotopic (exact) mass is 341 g/mol. The molecule has 1 aromatic carbocycles. The Morgan fingerprint density at radius 1 is 1.45 bits per heavy atom. The van der Waals surface area contributed by atoms with Gasteiger partial charge >= 0.3 is 0 Å². The van der Waals surface area contributed by atoms with Gasteiger partial charge in [-0.2, -0.15) is 0 Å². The second-order valence-electron chi connectivity index (χ2n) is 5.37. The average Bonchev–Trinajstić information content (AvgIpc) is 2.35. The summed E-state index contributed by atoms with van der Waals surface area (Å²) in [5, 5.41) is 7.36. The van der Waals surface area contributed by atoms with Crippen LogP contribution in [-0.2, 0) is 6.54 Å². The number of halogens is 1. The second kappa shape index (κ2) is 8.27. The fourth-order valence-electron chi connectivity index (χ4n) is 2.10. The van der Waals surface area contributed by atoms with E-state index in [4.69, 9.17) is 15.9 Å². The number of nitrogens with one attached hydrogen (secondary N) is 1. The minimum atomic E-state index is 0.245. The molecular formula is C15H24BrN3O. The molecule has 1 aromatic rings. The van der Waals surface area contributed by atoms with E-state index in [2.05, 4.69) is 46.8 Å². The summed E-state index contributed by atoms with van der Waals surface area (Å²) >= 11 is 3.51. The molecule has 3 N–H and O–H groups in total. The first-order chi connectivity index (χ1) is 9.42. The van der Waals surface area contributed by atoms with Gasteiger partial charge in [0.05, 0.1) is 17.4 Å². The summed E-state index contributed by atoms with van der Waals surface area (Å²) < 4.78 is 6.21. The molecule has 0 aliphatic heterocycles. The van der Waals surface area contributed by atoms with Gasteiger partial charge in [-0.15, -0.1) is 0 Å². The third kappa shape index (κ3) is 5.92. The highest BCUT2D eigenvalue weighted by atomic mass is 79.9. The van der Waals surface area contributed by atoms with Crippen LogP contribution in [0.15, 0.2) is 22.7 Å². The first-order valence-corrected chi connectivity index (χ1v) is 7.59. The number of rotatable bonds is 8. The van der Waals surface area contributed by atoms with E-state index < -0.39 is 0 Å². The van der Waals surface area contributed by atoms with E-state index in [0.29, 0.717) is 12.3 Å². The van der Waals surface area contributed by atoms with Gasteiger partial charge in [-0.05, 0) is 39.5 Å². The van der Waals surface area contributed by atoms with Crippen molar-refractivity contribution in [2.24, 2.45) is 11.7 Å². The molecule has 5 heteroatoms. The van der Waals surface area contributed by atoms with Crippen LogP contribution >= 0.6 is 15.9 Å². The van der Waals surface area contributed by atoms with Gasteiger partial charge in [-0.1, -0.05) is 19.9 Å². The van der Waals surface area contributed by atoms with Crippen LogP contribution in [-0.4, -0.2) is 30.9 Å². The normalized spacial score (nSPS) is 11.1. The largest absolute Gasteiger partial charge is 0.496 e. The molecule has 0 aliphatic rings. The Morgan fingerprint density at radius 3 is 2.65 bits per heavy atom. The molecule has 0 aliphatic carbocycles. The van der Waals surface area contributed by atoms with E-state index >= 15 is 0 Å². The number of hydrogen-bond acceptors (Lipinski definition) is 3. The molecule has 0 saturated carbocycles. The minimum absolute atomic E-state index is 0.245. The van der Waals surface area contributed by atoms with E-state index in [0.717, 1.165) is 29.9 Å². The Morgan fingerprint density at radius 2 is 2.15 bits per heavy atom. The lowest BCUT2D eigenvalue weighted by molar-refractivity contribution is 0.242. The lowest BCUT2D eigenvalue weighted by atomic mass is 10.1. The van der Waals surface area contributed by atoms with Crippen molar-refractivity contribution >= 4 is 21.8 Å². The van der Waals surface area contributed by atoms with Gasteiger partial charge in [0.25, 0.3) is 0 Å². The van der Waals surface area contributed by atoms with Crippen molar-refractivity contribution in [2.45, 2.75) is 26.8 Å². The number of nitrogens with two attached hydrogens (primary N) is 1. The SMILES string of the molecule is COc1ccc(CN(CCC(=N)N)CC(C)C)cc1Br. The molecule has 0 aromatic heterocycles. The highest BCUT2D eigenvalue weighted by molar-refractivity contribution is 9.10. The van der Waals surface area contributed by atoms with Crippen molar-refractivity contribution in [3.8, 4) is 5.75 Å². The predicted octanol–water partition coefficient (Wildman–Crippen LogP) is 3.24.